The SMILES string of the molecule is CC[C@H](NC(=O)OCc1ccccc1)C(=O)NC(C)Cc1ccccn1. The summed E-state index contributed by atoms with van der Waals surface area (Å²) in [5.41, 5.74) is 1.80. The van der Waals surface area contributed by atoms with Gasteiger partial charge in [-0.2, -0.15) is 0 Å². The van der Waals surface area contributed by atoms with Gasteiger partial charge in [-0.3, -0.25) is 9.78 Å². The molecule has 1 aromatic heterocycles. The van der Waals surface area contributed by atoms with Gasteiger partial charge in [-0.15, -0.1) is 0 Å². The molecule has 1 aromatic carbocycles. The van der Waals surface area contributed by atoms with Gasteiger partial charge in [-0.05, 0) is 31.0 Å². The van der Waals surface area contributed by atoms with Crippen molar-refractivity contribution < 1.29 is 14.3 Å². The number of ether oxygens (including phenoxy) is 1. The largest absolute Gasteiger partial charge is 0.445 e. The first-order valence-corrected chi connectivity index (χ1v) is 8.76. The Balaban J connectivity index is 1.78. The molecule has 0 aliphatic carbocycles. The molecule has 2 amide bonds. The van der Waals surface area contributed by atoms with Gasteiger partial charge in [0.2, 0.25) is 5.91 Å². The van der Waals surface area contributed by atoms with E-state index in [9.17, 15) is 9.59 Å². The van der Waals surface area contributed by atoms with Crippen LogP contribution in [0.5, 0.6) is 0 Å². The van der Waals surface area contributed by atoms with Gasteiger partial charge in [-0.25, -0.2) is 4.79 Å². The van der Waals surface area contributed by atoms with Crippen molar-refractivity contribution in [3.8, 4) is 0 Å². The summed E-state index contributed by atoms with van der Waals surface area (Å²) in [7, 11) is 0. The van der Waals surface area contributed by atoms with E-state index in [4.69, 9.17) is 4.74 Å². The molecule has 0 fully saturated rings. The van der Waals surface area contributed by atoms with E-state index in [0.29, 0.717) is 12.8 Å². The molecule has 6 heteroatoms. The quantitative estimate of drug-likeness (QED) is 0.763. The summed E-state index contributed by atoms with van der Waals surface area (Å²) in [6.07, 6.45) is 2.22. The fraction of sp³-hybridized carbons (Fsp3) is 0.350. The number of hydrogen-bond donors (Lipinski definition) is 2. The maximum absolute atomic E-state index is 12.4. The fourth-order valence-electron chi connectivity index (χ4n) is 2.49. The highest BCUT2D eigenvalue weighted by Gasteiger charge is 2.21. The highest BCUT2D eigenvalue weighted by atomic mass is 16.5. The molecule has 2 N–H and O–H groups in total. The third kappa shape index (κ3) is 6.55. The van der Waals surface area contributed by atoms with Crippen molar-refractivity contribution in [2.45, 2.75) is 45.4 Å². The molecule has 0 saturated carbocycles. The summed E-state index contributed by atoms with van der Waals surface area (Å²) < 4.78 is 5.17. The first-order valence-electron chi connectivity index (χ1n) is 8.76. The summed E-state index contributed by atoms with van der Waals surface area (Å²) >= 11 is 0. The van der Waals surface area contributed by atoms with Crippen LogP contribution in [-0.2, 0) is 22.6 Å². The zero-order valence-corrected chi connectivity index (χ0v) is 15.1. The van der Waals surface area contributed by atoms with E-state index in [-0.39, 0.29) is 18.6 Å². The van der Waals surface area contributed by atoms with Crippen molar-refractivity contribution in [1.82, 2.24) is 15.6 Å². The molecule has 2 rings (SSSR count). The third-order valence-corrected chi connectivity index (χ3v) is 3.86. The molecule has 138 valence electrons. The smallest absolute Gasteiger partial charge is 0.408 e. The highest BCUT2D eigenvalue weighted by molar-refractivity contribution is 5.85. The van der Waals surface area contributed by atoms with Gasteiger partial charge in [-0.1, -0.05) is 43.3 Å². The lowest BCUT2D eigenvalue weighted by Gasteiger charge is -2.20. The van der Waals surface area contributed by atoms with Crippen LogP contribution in [-0.4, -0.2) is 29.1 Å². The monoisotopic (exact) mass is 355 g/mol. The Morgan fingerprint density at radius 3 is 2.46 bits per heavy atom. The number of alkyl carbamates (subject to hydrolysis) is 1. The third-order valence-electron chi connectivity index (χ3n) is 3.86. The maximum atomic E-state index is 12.4. The van der Waals surface area contributed by atoms with Crippen molar-refractivity contribution in [3.63, 3.8) is 0 Å². The topological polar surface area (TPSA) is 80.3 Å². The molecule has 0 spiro atoms. The van der Waals surface area contributed by atoms with Gasteiger partial charge < -0.3 is 15.4 Å². The van der Waals surface area contributed by atoms with Crippen LogP contribution in [0.3, 0.4) is 0 Å². The first-order chi connectivity index (χ1) is 12.6. The number of benzene rings is 1. The molecule has 1 heterocycles. The molecule has 0 radical (unpaired) electrons. The van der Waals surface area contributed by atoms with Gasteiger partial charge in [0.25, 0.3) is 0 Å². The van der Waals surface area contributed by atoms with Crippen molar-refractivity contribution >= 4 is 12.0 Å². The Bertz CT molecular complexity index is 692. The summed E-state index contributed by atoms with van der Waals surface area (Å²) in [6, 6.07) is 14.3. The van der Waals surface area contributed by atoms with Crippen LogP contribution in [0, 0.1) is 0 Å². The number of carbonyl (C=O) groups excluding carboxylic acids is 2. The summed E-state index contributed by atoms with van der Waals surface area (Å²) in [5.74, 6) is -0.229. The zero-order chi connectivity index (χ0) is 18.8. The van der Waals surface area contributed by atoms with Crippen LogP contribution in [0.25, 0.3) is 0 Å². The molecule has 2 aromatic rings. The van der Waals surface area contributed by atoms with E-state index in [2.05, 4.69) is 15.6 Å². The molecule has 1 unspecified atom stereocenters. The molecular formula is C20H25N3O3. The van der Waals surface area contributed by atoms with Gasteiger partial charge in [0.1, 0.15) is 12.6 Å². The van der Waals surface area contributed by atoms with E-state index < -0.39 is 12.1 Å². The minimum Gasteiger partial charge on any atom is -0.445 e. The van der Waals surface area contributed by atoms with Crippen molar-refractivity contribution in [1.29, 1.82) is 0 Å². The first kappa shape index (κ1) is 19.4. The van der Waals surface area contributed by atoms with Crippen LogP contribution in [0.15, 0.2) is 54.7 Å². The van der Waals surface area contributed by atoms with Crippen LogP contribution in [0.4, 0.5) is 4.79 Å². The van der Waals surface area contributed by atoms with Gasteiger partial charge in [0, 0.05) is 24.4 Å². The highest BCUT2D eigenvalue weighted by Crippen LogP contribution is 2.03. The molecule has 0 aliphatic heterocycles. The molecule has 0 aliphatic rings. The van der Waals surface area contributed by atoms with E-state index in [0.717, 1.165) is 11.3 Å². The van der Waals surface area contributed by atoms with Crippen molar-refractivity contribution in [2.24, 2.45) is 0 Å². The van der Waals surface area contributed by atoms with E-state index in [1.807, 2.05) is 62.4 Å². The summed E-state index contributed by atoms with van der Waals surface area (Å²) in [5, 5.41) is 5.53. The normalized spacial score (nSPS) is 12.7. The lowest BCUT2D eigenvalue weighted by atomic mass is 10.1. The number of rotatable bonds is 8. The van der Waals surface area contributed by atoms with Gasteiger partial charge in [0.05, 0.1) is 0 Å². The zero-order valence-electron chi connectivity index (χ0n) is 15.1. The van der Waals surface area contributed by atoms with E-state index >= 15 is 0 Å². The summed E-state index contributed by atoms with van der Waals surface area (Å²) in [4.78, 5) is 28.6. The van der Waals surface area contributed by atoms with Crippen molar-refractivity contribution in [3.05, 3.63) is 66.0 Å². The van der Waals surface area contributed by atoms with E-state index in [1.165, 1.54) is 0 Å². The molecule has 0 bridgehead atoms. The number of pyridine rings is 1. The van der Waals surface area contributed by atoms with Crippen LogP contribution in [0.1, 0.15) is 31.5 Å². The second-order valence-corrected chi connectivity index (χ2v) is 6.10. The number of aromatic nitrogens is 1. The summed E-state index contributed by atoms with van der Waals surface area (Å²) in [6.45, 7) is 3.92. The average Bonchev–Trinajstić information content (AvgIpc) is 2.65. The molecule has 2 atom stereocenters. The number of nitrogens with zero attached hydrogens (tertiary/aromatic N) is 1. The second kappa shape index (κ2) is 10.2. The van der Waals surface area contributed by atoms with Crippen LogP contribution < -0.4 is 10.6 Å². The standard InChI is InChI=1S/C20H25N3O3/c1-3-18(23-20(25)26-14-16-9-5-4-6-10-16)19(24)22-15(2)13-17-11-7-8-12-21-17/h4-12,15,18H,3,13-14H2,1-2H3,(H,22,24)(H,23,25)/t15?,18-/m0/s1. The minimum atomic E-state index is -0.635. The Labute approximate surface area is 154 Å². The predicted molar refractivity (Wildman–Crippen MR) is 99.4 cm³/mol. The lowest BCUT2D eigenvalue weighted by molar-refractivity contribution is -0.123. The van der Waals surface area contributed by atoms with E-state index in [1.54, 1.807) is 6.20 Å². The fourth-order valence-corrected chi connectivity index (χ4v) is 2.49. The average molecular weight is 355 g/mol. The molecule has 0 saturated heterocycles. The number of nitrogens with one attached hydrogen (secondary N) is 2. The number of hydrogen-bond acceptors (Lipinski definition) is 4. The molecule has 26 heavy (non-hydrogen) atoms. The Hall–Kier alpha value is -2.89. The lowest BCUT2D eigenvalue weighted by Crippen LogP contribution is -2.49. The number of amides is 2. The van der Waals surface area contributed by atoms with Crippen LogP contribution in [0.2, 0.25) is 0 Å². The predicted octanol–water partition coefficient (Wildman–Crippen LogP) is 2.83. The Morgan fingerprint density at radius 2 is 1.81 bits per heavy atom. The Morgan fingerprint density at radius 1 is 1.08 bits per heavy atom. The minimum absolute atomic E-state index is 0.0893. The number of carbonyl (C=O) groups is 2. The van der Waals surface area contributed by atoms with Gasteiger partial charge >= 0.3 is 6.09 Å². The maximum Gasteiger partial charge on any atom is 0.408 e. The van der Waals surface area contributed by atoms with Gasteiger partial charge in [0.15, 0.2) is 0 Å². The van der Waals surface area contributed by atoms with Crippen molar-refractivity contribution in [2.75, 3.05) is 0 Å². The molecular weight excluding hydrogens is 330 g/mol. The van der Waals surface area contributed by atoms with Crippen LogP contribution >= 0.6 is 0 Å². The second-order valence-electron chi connectivity index (χ2n) is 6.10. The molecule has 6 nitrogen and oxygen atoms in total. The Kier molecular flexibility index (Phi) is 7.61.